The molecule has 0 unspecified atom stereocenters. The minimum absolute atomic E-state index is 0.112. The van der Waals surface area contributed by atoms with Gasteiger partial charge in [-0.1, -0.05) is 23.7 Å². The highest BCUT2D eigenvalue weighted by atomic mass is 35.5. The van der Waals surface area contributed by atoms with Gasteiger partial charge < -0.3 is 10.2 Å². The fourth-order valence-corrected chi connectivity index (χ4v) is 3.72. The first-order chi connectivity index (χ1) is 14.4. The Labute approximate surface area is 178 Å². The highest BCUT2D eigenvalue weighted by Crippen LogP contribution is 2.24. The van der Waals surface area contributed by atoms with Crippen LogP contribution in [0.5, 0.6) is 0 Å². The third-order valence-electron chi connectivity index (χ3n) is 5.20. The zero-order chi connectivity index (χ0) is 21.3. The Morgan fingerprint density at radius 2 is 1.83 bits per heavy atom. The highest BCUT2D eigenvalue weighted by molar-refractivity contribution is 6.30. The summed E-state index contributed by atoms with van der Waals surface area (Å²) in [5.41, 5.74) is 3.34. The van der Waals surface area contributed by atoms with E-state index < -0.39 is 0 Å². The third kappa shape index (κ3) is 4.07. The van der Waals surface area contributed by atoms with Crippen LogP contribution in [0.1, 0.15) is 37.7 Å². The molecule has 0 aliphatic carbocycles. The number of nitrogens with zero attached hydrogens (tertiary/aromatic N) is 3. The molecule has 1 aromatic heterocycles. The Morgan fingerprint density at radius 3 is 2.53 bits per heavy atom. The maximum atomic E-state index is 13.0. The molecule has 3 aromatic rings. The lowest BCUT2D eigenvalue weighted by atomic mass is 10.0. The topological polar surface area (TPSA) is 67.2 Å². The quantitative estimate of drug-likeness (QED) is 0.695. The summed E-state index contributed by atoms with van der Waals surface area (Å²) in [6, 6.07) is 12.7. The van der Waals surface area contributed by atoms with E-state index in [1.807, 2.05) is 0 Å². The Morgan fingerprint density at radius 1 is 1.13 bits per heavy atom. The van der Waals surface area contributed by atoms with Crippen molar-refractivity contribution in [3.05, 3.63) is 87.4 Å². The van der Waals surface area contributed by atoms with Gasteiger partial charge in [0.25, 0.3) is 11.8 Å². The average Bonchev–Trinajstić information content (AvgIpc) is 3.09. The Balaban J connectivity index is 1.50. The second-order valence-corrected chi connectivity index (χ2v) is 7.63. The molecular formula is C22H20ClFN4O2. The summed E-state index contributed by atoms with van der Waals surface area (Å²) < 4.78 is 14.7. The number of carbonyl (C=O) groups excluding carboxylic acids is 2. The molecule has 1 aliphatic rings. The largest absolute Gasteiger partial charge is 0.347 e. The number of benzene rings is 2. The van der Waals surface area contributed by atoms with Gasteiger partial charge in [-0.15, -0.1) is 0 Å². The molecule has 0 atom stereocenters. The Hall–Kier alpha value is -3.19. The Kier molecular flexibility index (Phi) is 5.55. The smallest absolute Gasteiger partial charge is 0.272 e. The zero-order valence-electron chi connectivity index (χ0n) is 16.4. The maximum Gasteiger partial charge on any atom is 0.272 e. The van der Waals surface area contributed by atoms with Crippen LogP contribution in [-0.2, 0) is 26.6 Å². The molecule has 1 aliphatic heterocycles. The molecule has 0 radical (unpaired) electrons. The van der Waals surface area contributed by atoms with Crippen molar-refractivity contribution in [2.75, 3.05) is 6.54 Å². The minimum atomic E-state index is -0.325. The standard InChI is InChI=1S/C22H20ClFN4O2/c1-27-19-10-11-28(22(30)15-4-6-16(23)7-5-15)13-18(19)20(26-27)21(29)25-12-14-2-8-17(24)9-3-14/h2-9H,10-13H2,1H3,(H,25,29). The van der Waals surface area contributed by atoms with Gasteiger partial charge in [0, 0.05) is 48.4 Å². The summed E-state index contributed by atoms with van der Waals surface area (Å²) in [6.45, 7) is 1.12. The molecule has 0 saturated carbocycles. The van der Waals surface area contributed by atoms with Crippen LogP contribution in [-0.4, -0.2) is 33.0 Å². The van der Waals surface area contributed by atoms with Crippen LogP contribution in [0, 0.1) is 5.82 Å². The minimum Gasteiger partial charge on any atom is -0.347 e. The molecular weight excluding hydrogens is 407 g/mol. The summed E-state index contributed by atoms with van der Waals surface area (Å²) in [5, 5.41) is 7.78. The van der Waals surface area contributed by atoms with E-state index in [0.717, 1.165) is 16.8 Å². The van der Waals surface area contributed by atoms with E-state index in [4.69, 9.17) is 11.6 Å². The van der Waals surface area contributed by atoms with Gasteiger partial charge in [0.2, 0.25) is 0 Å². The van der Waals surface area contributed by atoms with Crippen LogP contribution in [0.4, 0.5) is 4.39 Å². The van der Waals surface area contributed by atoms with Crippen LogP contribution in [0.3, 0.4) is 0 Å². The van der Waals surface area contributed by atoms with Gasteiger partial charge in [-0.25, -0.2) is 4.39 Å². The van der Waals surface area contributed by atoms with Gasteiger partial charge in [-0.2, -0.15) is 5.10 Å². The SMILES string of the molecule is Cn1nc(C(=O)NCc2ccc(F)cc2)c2c1CCN(C(=O)c1ccc(Cl)cc1)C2. The van der Waals surface area contributed by atoms with Crippen LogP contribution < -0.4 is 5.32 Å². The second-order valence-electron chi connectivity index (χ2n) is 7.19. The van der Waals surface area contributed by atoms with Crippen molar-refractivity contribution in [1.29, 1.82) is 0 Å². The van der Waals surface area contributed by atoms with Gasteiger partial charge in [0.1, 0.15) is 5.82 Å². The van der Waals surface area contributed by atoms with E-state index in [1.54, 1.807) is 53.0 Å². The number of hydrogen-bond acceptors (Lipinski definition) is 3. The first-order valence-electron chi connectivity index (χ1n) is 9.54. The number of carbonyl (C=O) groups is 2. The first kappa shape index (κ1) is 20.1. The van der Waals surface area contributed by atoms with Crippen molar-refractivity contribution in [1.82, 2.24) is 20.0 Å². The molecule has 8 heteroatoms. The van der Waals surface area contributed by atoms with Crippen molar-refractivity contribution in [2.24, 2.45) is 7.05 Å². The number of hydrogen-bond donors (Lipinski definition) is 1. The van der Waals surface area contributed by atoms with Gasteiger partial charge >= 0.3 is 0 Å². The van der Waals surface area contributed by atoms with Crippen LogP contribution in [0.25, 0.3) is 0 Å². The molecule has 0 saturated heterocycles. The zero-order valence-corrected chi connectivity index (χ0v) is 17.1. The summed E-state index contributed by atoms with van der Waals surface area (Å²) in [7, 11) is 1.80. The predicted molar refractivity (Wildman–Crippen MR) is 111 cm³/mol. The first-order valence-corrected chi connectivity index (χ1v) is 9.92. The molecule has 154 valence electrons. The van der Waals surface area contributed by atoms with Crippen LogP contribution in [0.2, 0.25) is 5.02 Å². The third-order valence-corrected chi connectivity index (χ3v) is 5.45. The molecule has 6 nitrogen and oxygen atoms in total. The predicted octanol–water partition coefficient (Wildman–Crippen LogP) is 3.34. The Bertz CT molecular complexity index is 1090. The molecule has 0 bridgehead atoms. The molecule has 2 amide bonds. The lowest BCUT2D eigenvalue weighted by Gasteiger charge is -2.27. The summed E-state index contributed by atoms with van der Waals surface area (Å²) >= 11 is 5.91. The number of nitrogens with one attached hydrogen (secondary N) is 1. The lowest BCUT2D eigenvalue weighted by Crippen LogP contribution is -2.37. The van der Waals surface area contributed by atoms with E-state index >= 15 is 0 Å². The number of aryl methyl sites for hydroxylation is 1. The van der Waals surface area contributed by atoms with Gasteiger partial charge in [-0.3, -0.25) is 14.3 Å². The fraction of sp³-hybridized carbons (Fsp3) is 0.227. The van der Waals surface area contributed by atoms with E-state index in [0.29, 0.717) is 35.8 Å². The van der Waals surface area contributed by atoms with Crippen LogP contribution in [0.15, 0.2) is 48.5 Å². The van der Waals surface area contributed by atoms with Crippen molar-refractivity contribution in [3.63, 3.8) is 0 Å². The summed E-state index contributed by atoms with van der Waals surface area (Å²) in [4.78, 5) is 27.4. The van der Waals surface area contributed by atoms with E-state index in [-0.39, 0.29) is 24.2 Å². The van der Waals surface area contributed by atoms with Crippen molar-refractivity contribution in [2.45, 2.75) is 19.5 Å². The normalized spacial score (nSPS) is 13.1. The number of fused-ring (bicyclic) bond motifs is 1. The van der Waals surface area contributed by atoms with Crippen molar-refractivity contribution >= 4 is 23.4 Å². The van der Waals surface area contributed by atoms with E-state index in [2.05, 4.69) is 10.4 Å². The number of amides is 2. The number of halogens is 2. The van der Waals surface area contributed by atoms with E-state index in [1.165, 1.54) is 12.1 Å². The molecule has 0 spiro atoms. The van der Waals surface area contributed by atoms with Crippen molar-refractivity contribution in [3.8, 4) is 0 Å². The molecule has 4 rings (SSSR count). The second kappa shape index (κ2) is 8.28. The van der Waals surface area contributed by atoms with Gasteiger partial charge in [-0.05, 0) is 42.0 Å². The maximum absolute atomic E-state index is 13.0. The number of rotatable bonds is 4. The fourth-order valence-electron chi connectivity index (χ4n) is 3.59. The van der Waals surface area contributed by atoms with Crippen LogP contribution >= 0.6 is 11.6 Å². The van der Waals surface area contributed by atoms with Gasteiger partial charge in [0.05, 0.1) is 6.54 Å². The molecule has 30 heavy (non-hydrogen) atoms. The lowest BCUT2D eigenvalue weighted by molar-refractivity contribution is 0.0730. The molecule has 2 heterocycles. The average molecular weight is 427 g/mol. The summed E-state index contributed by atoms with van der Waals surface area (Å²) in [6.07, 6.45) is 0.614. The number of aromatic nitrogens is 2. The molecule has 2 aromatic carbocycles. The summed E-state index contributed by atoms with van der Waals surface area (Å²) in [5.74, 6) is -0.759. The highest BCUT2D eigenvalue weighted by Gasteiger charge is 2.29. The molecule has 1 N–H and O–H groups in total. The van der Waals surface area contributed by atoms with E-state index in [9.17, 15) is 14.0 Å². The molecule has 0 fully saturated rings. The van der Waals surface area contributed by atoms with Gasteiger partial charge in [0.15, 0.2) is 5.69 Å². The monoisotopic (exact) mass is 426 g/mol. The van der Waals surface area contributed by atoms with Crippen molar-refractivity contribution < 1.29 is 14.0 Å².